The Morgan fingerprint density at radius 3 is 2.55 bits per heavy atom. The molecule has 1 heterocycles. The Hall–Kier alpha value is -2.81. The van der Waals surface area contributed by atoms with E-state index in [9.17, 15) is 18.0 Å². The summed E-state index contributed by atoms with van der Waals surface area (Å²) in [5.41, 5.74) is -1.22. The molecule has 0 aliphatic heterocycles. The minimum atomic E-state index is -4.69. The summed E-state index contributed by atoms with van der Waals surface area (Å²) in [5, 5.41) is 11.8. The van der Waals surface area contributed by atoms with Gasteiger partial charge in [0.05, 0.1) is 22.9 Å². The van der Waals surface area contributed by atoms with E-state index in [1.807, 2.05) is 0 Å². The van der Waals surface area contributed by atoms with Gasteiger partial charge in [0.15, 0.2) is 0 Å². The van der Waals surface area contributed by atoms with Gasteiger partial charge in [-0.15, -0.1) is 0 Å². The van der Waals surface area contributed by atoms with Crippen molar-refractivity contribution < 1.29 is 27.8 Å². The SMILES string of the molecule is O=C(NCCO)c1cccc(-c2nc(Oc3ccc(Cl)cc3Cl)ccc2C(F)(F)F)c1. The summed E-state index contributed by atoms with van der Waals surface area (Å²) in [6.07, 6.45) is -4.69. The molecule has 0 aliphatic rings. The number of benzene rings is 2. The highest BCUT2D eigenvalue weighted by Crippen LogP contribution is 2.38. The van der Waals surface area contributed by atoms with E-state index in [0.717, 1.165) is 12.1 Å². The molecule has 3 rings (SSSR count). The first-order valence-corrected chi connectivity index (χ1v) is 9.65. The van der Waals surface area contributed by atoms with Gasteiger partial charge in [-0.1, -0.05) is 35.3 Å². The maximum atomic E-state index is 13.6. The number of nitrogens with zero attached hydrogens (tertiary/aromatic N) is 1. The van der Waals surface area contributed by atoms with Crippen molar-refractivity contribution in [3.8, 4) is 22.9 Å². The molecule has 0 fully saturated rings. The summed E-state index contributed by atoms with van der Waals surface area (Å²) >= 11 is 11.9. The third kappa shape index (κ3) is 5.66. The molecule has 0 atom stereocenters. The van der Waals surface area contributed by atoms with E-state index in [1.165, 1.54) is 42.5 Å². The molecule has 2 N–H and O–H groups in total. The van der Waals surface area contributed by atoms with E-state index in [1.54, 1.807) is 0 Å². The molecular weight excluding hydrogens is 456 g/mol. The molecule has 3 aromatic rings. The molecular formula is C21H15Cl2F3N2O3. The second-order valence-electron chi connectivity index (χ2n) is 6.28. The number of ether oxygens (including phenoxy) is 1. The van der Waals surface area contributed by atoms with Gasteiger partial charge in [0.1, 0.15) is 5.75 Å². The molecule has 10 heteroatoms. The van der Waals surface area contributed by atoms with Crippen LogP contribution in [0, 0.1) is 0 Å². The number of alkyl halides is 3. The van der Waals surface area contributed by atoms with Crippen molar-refractivity contribution in [3.05, 3.63) is 75.8 Å². The number of hydrogen-bond donors (Lipinski definition) is 2. The van der Waals surface area contributed by atoms with Gasteiger partial charge in [-0.05, 0) is 36.4 Å². The number of nitrogens with one attached hydrogen (secondary N) is 1. The molecule has 1 amide bonds. The predicted octanol–water partition coefficient (Wildman–Crippen LogP) is 5.59. The number of aromatic nitrogens is 1. The minimum Gasteiger partial charge on any atom is -0.437 e. The normalized spacial score (nSPS) is 11.3. The average molecular weight is 471 g/mol. The first-order chi connectivity index (χ1) is 14.7. The summed E-state index contributed by atoms with van der Waals surface area (Å²) in [7, 11) is 0. The van der Waals surface area contributed by atoms with E-state index < -0.39 is 23.3 Å². The second kappa shape index (κ2) is 9.55. The first-order valence-electron chi connectivity index (χ1n) is 8.89. The summed E-state index contributed by atoms with van der Waals surface area (Å²) in [5.74, 6) is -0.492. The summed E-state index contributed by atoms with van der Waals surface area (Å²) in [6, 6.07) is 11.9. The Labute approximate surface area is 185 Å². The molecule has 162 valence electrons. The van der Waals surface area contributed by atoms with Crippen LogP contribution < -0.4 is 10.1 Å². The van der Waals surface area contributed by atoms with Crippen LogP contribution in [0.1, 0.15) is 15.9 Å². The Bertz CT molecular complexity index is 1110. The van der Waals surface area contributed by atoms with Crippen LogP contribution >= 0.6 is 23.2 Å². The number of carbonyl (C=O) groups excluding carboxylic acids is 1. The third-order valence-electron chi connectivity index (χ3n) is 4.08. The van der Waals surface area contributed by atoms with Crippen molar-refractivity contribution in [2.45, 2.75) is 6.18 Å². The Kier molecular flexibility index (Phi) is 7.04. The Morgan fingerprint density at radius 2 is 1.87 bits per heavy atom. The van der Waals surface area contributed by atoms with Crippen molar-refractivity contribution >= 4 is 29.1 Å². The van der Waals surface area contributed by atoms with Crippen molar-refractivity contribution in [2.75, 3.05) is 13.2 Å². The summed E-state index contributed by atoms with van der Waals surface area (Å²) in [4.78, 5) is 16.2. The monoisotopic (exact) mass is 470 g/mol. The molecule has 2 aromatic carbocycles. The number of hydrogen-bond acceptors (Lipinski definition) is 4. The van der Waals surface area contributed by atoms with Crippen LogP contribution in [0.2, 0.25) is 10.0 Å². The quantitative estimate of drug-likeness (QED) is 0.492. The van der Waals surface area contributed by atoms with Crippen LogP contribution in [0.5, 0.6) is 11.6 Å². The van der Waals surface area contributed by atoms with E-state index >= 15 is 0 Å². The van der Waals surface area contributed by atoms with E-state index in [0.29, 0.717) is 5.02 Å². The maximum Gasteiger partial charge on any atom is 0.418 e. The molecule has 0 bridgehead atoms. The van der Waals surface area contributed by atoms with Crippen LogP contribution in [0.3, 0.4) is 0 Å². The lowest BCUT2D eigenvalue weighted by Gasteiger charge is -2.15. The zero-order valence-electron chi connectivity index (χ0n) is 15.7. The molecule has 0 unspecified atom stereocenters. The third-order valence-corrected chi connectivity index (χ3v) is 4.61. The fraction of sp³-hybridized carbons (Fsp3) is 0.143. The minimum absolute atomic E-state index is 0.0142. The van der Waals surface area contributed by atoms with Crippen molar-refractivity contribution in [2.24, 2.45) is 0 Å². The van der Waals surface area contributed by atoms with Crippen LogP contribution in [0.25, 0.3) is 11.3 Å². The van der Waals surface area contributed by atoms with Gasteiger partial charge in [-0.2, -0.15) is 13.2 Å². The van der Waals surface area contributed by atoms with Crippen LogP contribution in [-0.4, -0.2) is 29.1 Å². The molecule has 0 saturated heterocycles. The molecule has 31 heavy (non-hydrogen) atoms. The Morgan fingerprint density at radius 1 is 1.10 bits per heavy atom. The van der Waals surface area contributed by atoms with Crippen LogP contribution in [0.15, 0.2) is 54.6 Å². The van der Waals surface area contributed by atoms with E-state index in [4.69, 9.17) is 33.0 Å². The number of rotatable bonds is 6. The van der Waals surface area contributed by atoms with Gasteiger partial charge in [0.2, 0.25) is 5.88 Å². The largest absolute Gasteiger partial charge is 0.437 e. The molecule has 0 spiro atoms. The van der Waals surface area contributed by atoms with Gasteiger partial charge in [0, 0.05) is 28.8 Å². The van der Waals surface area contributed by atoms with Gasteiger partial charge in [-0.3, -0.25) is 4.79 Å². The van der Waals surface area contributed by atoms with Gasteiger partial charge in [0.25, 0.3) is 5.91 Å². The fourth-order valence-electron chi connectivity index (χ4n) is 2.70. The Balaban J connectivity index is 2.03. The van der Waals surface area contributed by atoms with Gasteiger partial charge in [-0.25, -0.2) is 4.98 Å². The molecule has 5 nitrogen and oxygen atoms in total. The molecule has 0 aliphatic carbocycles. The lowest BCUT2D eigenvalue weighted by molar-refractivity contribution is -0.137. The topological polar surface area (TPSA) is 71.5 Å². The smallest absolute Gasteiger partial charge is 0.418 e. The highest BCUT2D eigenvalue weighted by molar-refractivity contribution is 6.35. The molecule has 0 saturated carbocycles. The van der Waals surface area contributed by atoms with Gasteiger partial charge < -0.3 is 15.2 Å². The molecule has 1 aromatic heterocycles. The summed E-state index contributed by atoms with van der Waals surface area (Å²) in [6.45, 7) is -0.252. The number of carbonyl (C=O) groups is 1. The highest BCUT2D eigenvalue weighted by atomic mass is 35.5. The zero-order chi connectivity index (χ0) is 22.6. The predicted molar refractivity (Wildman–Crippen MR) is 111 cm³/mol. The second-order valence-corrected chi connectivity index (χ2v) is 7.12. The van der Waals surface area contributed by atoms with Crippen LogP contribution in [0.4, 0.5) is 13.2 Å². The lowest BCUT2D eigenvalue weighted by atomic mass is 10.0. The zero-order valence-corrected chi connectivity index (χ0v) is 17.2. The standard InChI is InChI=1S/C21H15Cl2F3N2O3/c22-14-4-6-17(16(23)11-14)31-18-7-5-15(21(24,25)26)19(28-18)12-2-1-3-13(10-12)20(30)27-8-9-29/h1-7,10-11,29H,8-9H2,(H,27,30). The summed E-state index contributed by atoms with van der Waals surface area (Å²) < 4.78 is 46.4. The van der Waals surface area contributed by atoms with E-state index in [-0.39, 0.29) is 40.9 Å². The first kappa shape index (κ1) is 22.9. The van der Waals surface area contributed by atoms with Crippen molar-refractivity contribution in [1.29, 1.82) is 0 Å². The number of pyridine rings is 1. The van der Waals surface area contributed by atoms with Crippen molar-refractivity contribution in [1.82, 2.24) is 10.3 Å². The fourth-order valence-corrected chi connectivity index (χ4v) is 3.14. The average Bonchev–Trinajstić information content (AvgIpc) is 2.73. The van der Waals surface area contributed by atoms with Gasteiger partial charge >= 0.3 is 6.18 Å². The number of aliphatic hydroxyl groups is 1. The highest BCUT2D eigenvalue weighted by Gasteiger charge is 2.35. The maximum absolute atomic E-state index is 13.6. The van der Waals surface area contributed by atoms with Crippen LogP contribution in [-0.2, 0) is 6.18 Å². The number of halogens is 5. The van der Waals surface area contributed by atoms with Crippen molar-refractivity contribution in [3.63, 3.8) is 0 Å². The number of amides is 1. The van der Waals surface area contributed by atoms with E-state index in [2.05, 4.69) is 10.3 Å². The molecule has 0 radical (unpaired) electrons. The lowest BCUT2D eigenvalue weighted by Crippen LogP contribution is -2.26. The number of aliphatic hydroxyl groups excluding tert-OH is 1.